The Morgan fingerprint density at radius 1 is 0.593 bits per heavy atom. The fourth-order valence-electron chi connectivity index (χ4n) is 7.24. The number of nitrogens with zero attached hydrogens (tertiary/aromatic N) is 4. The van der Waals surface area contributed by atoms with Crippen molar-refractivity contribution >= 4 is 23.9 Å². The van der Waals surface area contributed by atoms with Gasteiger partial charge in [-0.15, -0.1) is 0 Å². The smallest absolute Gasteiger partial charge is 0.317 e. The molecule has 3 atom stereocenters. The lowest BCUT2D eigenvalue weighted by molar-refractivity contribution is -0.197. The first-order valence-electron chi connectivity index (χ1n) is 20.4. The van der Waals surface area contributed by atoms with Crippen LogP contribution in [0.25, 0.3) is 0 Å². The number of ether oxygens (including phenoxy) is 4. The quantitative estimate of drug-likeness (QED) is 0.166. The lowest BCUT2D eigenvalue weighted by atomic mass is 10.0. The minimum absolute atomic E-state index is 0.0939. The van der Waals surface area contributed by atoms with Gasteiger partial charge in [0.15, 0.2) is 0 Å². The monoisotopic (exact) mass is 814 g/mol. The van der Waals surface area contributed by atoms with Gasteiger partial charge in [-0.2, -0.15) is 0 Å². The van der Waals surface area contributed by atoms with Crippen molar-refractivity contribution in [2.75, 3.05) is 78.8 Å². The predicted octanol–water partition coefficient (Wildman–Crippen LogP) is 1.79. The molecule has 3 fully saturated rings. The van der Waals surface area contributed by atoms with E-state index in [4.69, 9.17) is 30.4 Å². The highest BCUT2D eigenvalue weighted by atomic mass is 16.6. The normalized spacial score (nSPS) is 19.7. The molecular formula is C43H58N8O8. The van der Waals surface area contributed by atoms with Gasteiger partial charge in [-0.25, -0.2) is 9.59 Å². The van der Waals surface area contributed by atoms with E-state index in [1.165, 1.54) is 0 Å². The third-order valence-corrected chi connectivity index (χ3v) is 10.9. The molecule has 0 spiro atoms. The molecule has 0 saturated carbocycles. The first-order chi connectivity index (χ1) is 28.8. The first kappa shape index (κ1) is 43.5. The minimum atomic E-state index is -0.556. The van der Waals surface area contributed by atoms with E-state index in [9.17, 15) is 19.2 Å². The van der Waals surface area contributed by atoms with Crippen LogP contribution < -0.4 is 22.1 Å². The van der Waals surface area contributed by atoms with Gasteiger partial charge in [-0.3, -0.25) is 9.59 Å². The number of nitrogens with one attached hydrogen (secondary N) is 2. The highest BCUT2D eigenvalue weighted by molar-refractivity contribution is 5.79. The van der Waals surface area contributed by atoms with E-state index in [1.807, 2.05) is 78.9 Å². The number of piperazine rings is 2. The molecule has 6 rings (SSSR count). The van der Waals surface area contributed by atoms with Crippen molar-refractivity contribution in [1.29, 1.82) is 0 Å². The Hall–Kier alpha value is -5.10. The second-order valence-electron chi connectivity index (χ2n) is 14.9. The zero-order valence-electron chi connectivity index (χ0n) is 33.7. The van der Waals surface area contributed by atoms with Crippen molar-refractivity contribution < 1.29 is 38.1 Å². The Morgan fingerprint density at radius 3 is 1.58 bits per heavy atom. The molecule has 3 saturated heterocycles. The summed E-state index contributed by atoms with van der Waals surface area (Å²) in [5.74, 6) is -0.330. The second-order valence-corrected chi connectivity index (χ2v) is 14.9. The van der Waals surface area contributed by atoms with E-state index in [2.05, 4.69) is 10.6 Å². The zero-order valence-corrected chi connectivity index (χ0v) is 33.7. The summed E-state index contributed by atoms with van der Waals surface area (Å²) < 4.78 is 24.7. The topological polar surface area (TPSA) is 194 Å². The van der Waals surface area contributed by atoms with E-state index in [0.717, 1.165) is 27.8 Å². The maximum Gasteiger partial charge on any atom is 0.317 e. The van der Waals surface area contributed by atoms with Crippen LogP contribution in [0.5, 0.6) is 0 Å². The number of urea groups is 2. The van der Waals surface area contributed by atoms with Crippen molar-refractivity contribution in [2.45, 2.75) is 57.5 Å². The number of amides is 6. The van der Waals surface area contributed by atoms with Crippen LogP contribution >= 0.6 is 0 Å². The summed E-state index contributed by atoms with van der Waals surface area (Å²) in [7, 11) is 0. The Balaban J connectivity index is 0.928. The van der Waals surface area contributed by atoms with Crippen LogP contribution in [0.15, 0.2) is 78.9 Å². The van der Waals surface area contributed by atoms with Crippen LogP contribution in [0.1, 0.15) is 34.2 Å². The third-order valence-electron chi connectivity index (χ3n) is 10.9. The maximum absolute atomic E-state index is 13.3. The van der Waals surface area contributed by atoms with E-state index >= 15 is 0 Å². The largest absolute Gasteiger partial charge is 0.373 e. The molecule has 3 aliphatic heterocycles. The molecule has 6 N–H and O–H groups in total. The van der Waals surface area contributed by atoms with Gasteiger partial charge >= 0.3 is 12.1 Å². The van der Waals surface area contributed by atoms with Crippen molar-refractivity contribution in [2.24, 2.45) is 11.5 Å². The van der Waals surface area contributed by atoms with E-state index in [-0.39, 0.29) is 43.7 Å². The van der Waals surface area contributed by atoms with Gasteiger partial charge in [0.05, 0.1) is 19.3 Å². The van der Waals surface area contributed by atoms with Crippen molar-refractivity contribution in [1.82, 2.24) is 30.2 Å². The minimum Gasteiger partial charge on any atom is -0.373 e. The van der Waals surface area contributed by atoms with Crippen molar-refractivity contribution in [3.8, 4) is 0 Å². The molecule has 16 nitrogen and oxygen atoms in total. The predicted molar refractivity (Wildman–Crippen MR) is 219 cm³/mol. The molecule has 3 heterocycles. The number of hydrogen-bond donors (Lipinski definition) is 4. The van der Waals surface area contributed by atoms with Gasteiger partial charge in [0.1, 0.15) is 25.4 Å². The lowest BCUT2D eigenvalue weighted by Crippen LogP contribution is -2.54. The van der Waals surface area contributed by atoms with E-state index < -0.39 is 18.3 Å². The zero-order chi connectivity index (χ0) is 41.4. The molecule has 318 valence electrons. The highest BCUT2D eigenvalue weighted by Gasteiger charge is 2.37. The SMILES string of the molecule is NCc1ccc(CNC(=O)N2CCN(C(=O)COC[C@H]3OCC[C@@H](OCC(=O)N4CCN(C(=O)NCc5ccc(CN)cc5)CC4)[C@@H]3OCc3ccccc3)CC2)cc1. The molecule has 3 aliphatic rings. The summed E-state index contributed by atoms with van der Waals surface area (Å²) in [6, 6.07) is 25.0. The maximum atomic E-state index is 13.3. The fourth-order valence-corrected chi connectivity index (χ4v) is 7.24. The summed E-state index contributed by atoms with van der Waals surface area (Å²) in [6.45, 7) is 5.51. The Kier molecular flexibility index (Phi) is 16.4. The fraction of sp³-hybridized carbons (Fsp3) is 0.488. The Bertz CT molecular complexity index is 1790. The van der Waals surface area contributed by atoms with Crippen LogP contribution in [-0.4, -0.2) is 141 Å². The van der Waals surface area contributed by atoms with Crippen molar-refractivity contribution in [3.63, 3.8) is 0 Å². The molecule has 0 bridgehead atoms. The summed E-state index contributed by atoms with van der Waals surface area (Å²) >= 11 is 0. The van der Waals surface area contributed by atoms with Crippen LogP contribution in [0, 0.1) is 0 Å². The molecule has 0 unspecified atom stereocenters. The van der Waals surface area contributed by atoms with Crippen LogP contribution in [0.2, 0.25) is 0 Å². The van der Waals surface area contributed by atoms with Crippen LogP contribution in [-0.2, 0) is 61.3 Å². The molecule has 16 heteroatoms. The molecule has 0 aliphatic carbocycles. The second kappa shape index (κ2) is 22.3. The van der Waals surface area contributed by atoms with E-state index in [0.29, 0.717) is 98.2 Å². The summed E-state index contributed by atoms with van der Waals surface area (Å²) in [4.78, 5) is 58.9. The lowest BCUT2D eigenvalue weighted by Gasteiger charge is -2.38. The molecule has 3 aromatic carbocycles. The molecule has 6 amide bonds. The number of carbonyl (C=O) groups is 4. The standard InChI is InChI=1S/C43H58N8O8/c44-24-32-6-10-34(11-7-32)26-46-42(54)50-19-15-48(16-20-50)39(52)30-56-29-38-41(59-28-36-4-2-1-3-5-36)37(14-23-57-38)58-31-40(53)49-17-21-51(22-18-49)43(55)47-27-35-12-8-33(25-45)9-13-35/h1-13,37-38,41H,14-31,44-45H2,(H,46,54)(H,47,55)/t37-,38-,41+/m1/s1. The van der Waals surface area contributed by atoms with Gasteiger partial charge in [-0.05, 0) is 34.2 Å². The molecule has 59 heavy (non-hydrogen) atoms. The molecule has 0 aromatic heterocycles. The van der Waals surface area contributed by atoms with Gasteiger partial charge in [0.25, 0.3) is 0 Å². The average molecular weight is 815 g/mol. The van der Waals surface area contributed by atoms with Gasteiger partial charge in [0, 0.05) is 85.1 Å². The van der Waals surface area contributed by atoms with E-state index in [1.54, 1.807) is 19.6 Å². The average Bonchev–Trinajstić information content (AvgIpc) is 3.29. The first-order valence-corrected chi connectivity index (χ1v) is 20.4. The van der Waals surface area contributed by atoms with Crippen LogP contribution in [0.4, 0.5) is 9.59 Å². The molecule has 0 radical (unpaired) electrons. The highest BCUT2D eigenvalue weighted by Crippen LogP contribution is 2.23. The summed E-state index contributed by atoms with van der Waals surface area (Å²) in [5, 5.41) is 5.91. The molecule has 3 aromatic rings. The third kappa shape index (κ3) is 12.9. The van der Waals surface area contributed by atoms with Gasteiger partial charge in [-0.1, -0.05) is 78.9 Å². The van der Waals surface area contributed by atoms with Gasteiger partial charge < -0.3 is 60.6 Å². The number of benzene rings is 3. The number of nitrogens with two attached hydrogens (primary N) is 2. The Labute approximate surface area is 346 Å². The van der Waals surface area contributed by atoms with Crippen molar-refractivity contribution in [3.05, 3.63) is 107 Å². The Morgan fingerprint density at radius 2 is 1.07 bits per heavy atom. The van der Waals surface area contributed by atoms with Gasteiger partial charge in [0.2, 0.25) is 11.8 Å². The number of hydrogen-bond acceptors (Lipinski definition) is 10. The number of carbonyl (C=O) groups excluding carboxylic acids is 4. The molecular weight excluding hydrogens is 757 g/mol. The number of rotatable bonds is 16. The van der Waals surface area contributed by atoms with Crippen LogP contribution in [0.3, 0.4) is 0 Å². The summed E-state index contributed by atoms with van der Waals surface area (Å²) in [5.41, 5.74) is 16.4. The summed E-state index contributed by atoms with van der Waals surface area (Å²) in [6.07, 6.45) is -1.02.